The standard InChI is InChI=1S/C39H35N4O.Pt/c1-26-20-28(3)36(21-27(26)2)42-19-18-41(25-42)30-10-9-11-31(23-30)44-32-14-15-34-33-12-7-8-13-35(33)43(37(34)24-32)38-22-29(16-17-40-38)39(4,5)6;/h7-22,25H,1-6H3;/q-3;. The molecule has 0 unspecified atom stereocenters. The molecule has 2 aromatic heterocycles. The number of nitrogens with zero attached hydrogens (tertiary/aromatic N) is 4. The van der Waals surface area contributed by atoms with Gasteiger partial charge in [0.2, 0.25) is 0 Å². The first-order valence-electron chi connectivity index (χ1n) is 15.0. The van der Waals surface area contributed by atoms with Gasteiger partial charge in [-0.1, -0.05) is 50.6 Å². The second-order valence-electron chi connectivity index (χ2n) is 12.5. The minimum Gasteiger partial charge on any atom is -0.509 e. The molecule has 6 aromatic rings. The van der Waals surface area contributed by atoms with Crippen molar-refractivity contribution in [1.82, 2.24) is 9.55 Å². The number of fused-ring (bicyclic) bond motifs is 3. The SMILES string of the molecule is Cc1cc(C)c(N2C=CN(c3[c-]c(Oc4[c-]c5c(cc4)c4ccccc4n5-c4cc(C(C)(C)C)ccn4)ccc3)[CH-]2)cc1C.[Pt]. The van der Waals surface area contributed by atoms with Gasteiger partial charge in [-0.3, -0.25) is 0 Å². The smallest absolute Gasteiger partial charge is 0.135 e. The Labute approximate surface area is 280 Å². The molecule has 0 amide bonds. The largest absolute Gasteiger partial charge is 0.509 e. The van der Waals surface area contributed by atoms with Crippen LogP contribution in [0.2, 0.25) is 0 Å². The number of para-hydroxylation sites is 1. The number of hydrogen-bond acceptors (Lipinski definition) is 4. The average molecular weight is 771 g/mol. The minimum absolute atomic E-state index is 0. The summed E-state index contributed by atoms with van der Waals surface area (Å²) >= 11 is 0. The summed E-state index contributed by atoms with van der Waals surface area (Å²) in [6.07, 6.45) is 6.00. The van der Waals surface area contributed by atoms with Gasteiger partial charge in [-0.05, 0) is 90.5 Å². The molecular weight excluding hydrogens is 736 g/mol. The van der Waals surface area contributed by atoms with Crippen molar-refractivity contribution in [3.05, 3.63) is 139 Å². The van der Waals surface area contributed by atoms with Crippen LogP contribution in [0, 0.1) is 39.6 Å². The van der Waals surface area contributed by atoms with E-state index in [4.69, 9.17) is 9.72 Å². The zero-order chi connectivity index (χ0) is 30.6. The summed E-state index contributed by atoms with van der Waals surface area (Å²) in [5.74, 6) is 2.11. The van der Waals surface area contributed by atoms with Gasteiger partial charge in [-0.15, -0.1) is 48.1 Å². The van der Waals surface area contributed by atoms with Gasteiger partial charge in [0.1, 0.15) is 5.82 Å². The molecule has 0 aliphatic carbocycles. The summed E-state index contributed by atoms with van der Waals surface area (Å²) in [5, 5.41) is 2.26. The molecular formula is C39H35N4OPt-3. The molecule has 45 heavy (non-hydrogen) atoms. The van der Waals surface area contributed by atoms with Gasteiger partial charge in [-0.2, -0.15) is 12.1 Å². The van der Waals surface area contributed by atoms with Crippen LogP contribution in [0.3, 0.4) is 0 Å². The van der Waals surface area contributed by atoms with Gasteiger partial charge in [0.05, 0.1) is 0 Å². The predicted molar refractivity (Wildman–Crippen MR) is 181 cm³/mol. The van der Waals surface area contributed by atoms with Gasteiger partial charge in [-0.25, -0.2) is 4.98 Å². The molecule has 3 heterocycles. The number of ether oxygens (including phenoxy) is 1. The third kappa shape index (κ3) is 5.78. The Bertz CT molecular complexity index is 2070. The Balaban J connectivity index is 0.00000357. The number of hydrogen-bond donors (Lipinski definition) is 0. The fraction of sp³-hybridized carbons (Fsp3) is 0.179. The molecule has 0 fully saturated rings. The van der Waals surface area contributed by atoms with Crippen LogP contribution >= 0.6 is 0 Å². The van der Waals surface area contributed by atoms with Crippen molar-refractivity contribution in [2.45, 2.75) is 47.0 Å². The number of rotatable bonds is 5. The van der Waals surface area contributed by atoms with E-state index < -0.39 is 0 Å². The maximum atomic E-state index is 6.39. The van der Waals surface area contributed by atoms with E-state index in [9.17, 15) is 0 Å². The first-order valence-corrected chi connectivity index (χ1v) is 15.0. The second-order valence-corrected chi connectivity index (χ2v) is 12.5. The van der Waals surface area contributed by atoms with E-state index in [2.05, 4.69) is 136 Å². The Morgan fingerprint density at radius 2 is 1.49 bits per heavy atom. The molecule has 0 bridgehead atoms. The Kier molecular flexibility index (Phi) is 8.09. The van der Waals surface area contributed by atoms with E-state index in [0.717, 1.165) is 33.3 Å². The van der Waals surface area contributed by atoms with Crippen molar-refractivity contribution in [2.75, 3.05) is 9.80 Å². The predicted octanol–water partition coefficient (Wildman–Crippen LogP) is 9.71. The molecule has 0 N–H and O–H groups in total. The van der Waals surface area contributed by atoms with E-state index in [-0.39, 0.29) is 26.5 Å². The molecule has 1 aliphatic heterocycles. The fourth-order valence-electron chi connectivity index (χ4n) is 5.81. The molecule has 5 nitrogen and oxygen atoms in total. The van der Waals surface area contributed by atoms with Crippen LogP contribution in [0.25, 0.3) is 27.6 Å². The minimum atomic E-state index is 0. The summed E-state index contributed by atoms with van der Waals surface area (Å²) in [6.45, 7) is 15.2. The first kappa shape index (κ1) is 30.7. The molecule has 1 aliphatic rings. The zero-order valence-electron chi connectivity index (χ0n) is 26.3. The van der Waals surface area contributed by atoms with Gasteiger partial charge in [0, 0.05) is 50.0 Å². The van der Waals surface area contributed by atoms with Crippen molar-refractivity contribution < 1.29 is 25.8 Å². The fourth-order valence-corrected chi connectivity index (χ4v) is 5.81. The Morgan fingerprint density at radius 3 is 2.31 bits per heavy atom. The van der Waals surface area contributed by atoms with Crippen molar-refractivity contribution in [2.24, 2.45) is 0 Å². The molecule has 4 aromatic carbocycles. The third-order valence-electron chi connectivity index (χ3n) is 8.38. The summed E-state index contributed by atoms with van der Waals surface area (Å²) in [7, 11) is 0. The molecule has 6 heteroatoms. The van der Waals surface area contributed by atoms with Crippen molar-refractivity contribution in [1.29, 1.82) is 0 Å². The molecule has 7 rings (SSSR count). The number of aryl methyl sites for hydroxylation is 3. The molecule has 230 valence electrons. The number of aromatic nitrogens is 2. The normalized spacial score (nSPS) is 13.1. The van der Waals surface area contributed by atoms with Crippen LogP contribution in [0.1, 0.15) is 43.0 Å². The van der Waals surface area contributed by atoms with E-state index in [1.807, 2.05) is 36.7 Å². The summed E-state index contributed by atoms with van der Waals surface area (Å²) < 4.78 is 8.57. The summed E-state index contributed by atoms with van der Waals surface area (Å²) in [6, 6.07) is 34.2. The first-order chi connectivity index (χ1) is 21.2. The summed E-state index contributed by atoms with van der Waals surface area (Å²) in [5.41, 5.74) is 9.11. The van der Waals surface area contributed by atoms with E-state index in [1.165, 1.54) is 27.9 Å². The van der Waals surface area contributed by atoms with Crippen LogP contribution in [0.4, 0.5) is 11.4 Å². The average Bonchev–Trinajstić information content (AvgIpc) is 3.62. The number of anilines is 2. The van der Waals surface area contributed by atoms with Crippen molar-refractivity contribution >= 4 is 33.2 Å². The van der Waals surface area contributed by atoms with Gasteiger partial charge in [0.25, 0.3) is 0 Å². The third-order valence-corrected chi connectivity index (χ3v) is 8.38. The van der Waals surface area contributed by atoms with Gasteiger partial charge in [0.15, 0.2) is 0 Å². The summed E-state index contributed by atoms with van der Waals surface area (Å²) in [4.78, 5) is 8.98. The molecule has 0 saturated heterocycles. The van der Waals surface area contributed by atoms with Crippen LogP contribution in [0.5, 0.6) is 11.5 Å². The van der Waals surface area contributed by atoms with Gasteiger partial charge >= 0.3 is 0 Å². The second kappa shape index (κ2) is 11.9. The maximum absolute atomic E-state index is 6.39. The molecule has 0 atom stereocenters. The maximum Gasteiger partial charge on any atom is 0.135 e. The topological polar surface area (TPSA) is 33.5 Å². The number of pyridine rings is 1. The Hall–Kier alpha value is -4.34. The monoisotopic (exact) mass is 770 g/mol. The number of benzene rings is 4. The van der Waals surface area contributed by atoms with E-state index >= 15 is 0 Å². The van der Waals surface area contributed by atoms with Crippen LogP contribution < -0.4 is 14.5 Å². The van der Waals surface area contributed by atoms with E-state index in [0.29, 0.717) is 11.5 Å². The van der Waals surface area contributed by atoms with Crippen molar-refractivity contribution in [3.63, 3.8) is 0 Å². The molecule has 0 spiro atoms. The van der Waals surface area contributed by atoms with Crippen LogP contribution in [-0.4, -0.2) is 9.55 Å². The Morgan fingerprint density at radius 1 is 0.733 bits per heavy atom. The van der Waals surface area contributed by atoms with E-state index in [1.54, 1.807) is 0 Å². The van der Waals surface area contributed by atoms with Crippen molar-refractivity contribution in [3.8, 4) is 17.3 Å². The van der Waals surface area contributed by atoms with Crippen LogP contribution in [0.15, 0.2) is 97.5 Å². The molecule has 0 saturated carbocycles. The van der Waals surface area contributed by atoms with Crippen LogP contribution in [-0.2, 0) is 26.5 Å². The van der Waals surface area contributed by atoms with Gasteiger partial charge < -0.3 is 19.1 Å². The quantitative estimate of drug-likeness (QED) is 0.164. The zero-order valence-corrected chi connectivity index (χ0v) is 28.6. The molecule has 0 radical (unpaired) electrons.